The van der Waals surface area contributed by atoms with Gasteiger partial charge in [-0.05, 0) is 20.9 Å². The second kappa shape index (κ2) is 5.15. The molecule has 0 aromatic heterocycles. The van der Waals surface area contributed by atoms with E-state index in [9.17, 15) is 4.79 Å². The molecule has 3 nitrogen and oxygen atoms in total. The lowest BCUT2D eigenvalue weighted by atomic mass is 10.0. The summed E-state index contributed by atoms with van der Waals surface area (Å²) < 4.78 is 0. The lowest BCUT2D eigenvalue weighted by Crippen LogP contribution is -2.34. The van der Waals surface area contributed by atoms with Gasteiger partial charge in [-0.15, -0.1) is 0 Å². The predicted octanol–water partition coefficient (Wildman–Crippen LogP) is 1.12. The minimum atomic E-state index is 0.315. The lowest BCUT2D eigenvalue weighted by molar-refractivity contribution is -0.117. The first-order valence-corrected chi connectivity index (χ1v) is 5.33. The van der Waals surface area contributed by atoms with Crippen LogP contribution in [0.4, 0.5) is 0 Å². The highest BCUT2D eigenvalue weighted by Crippen LogP contribution is 2.11. The molecule has 0 aliphatic carbocycles. The number of piperidine rings is 1. The first kappa shape index (κ1) is 11.2. The molecule has 1 rings (SSSR count). The van der Waals surface area contributed by atoms with Gasteiger partial charge in [-0.1, -0.05) is 0 Å². The first-order valence-electron chi connectivity index (χ1n) is 5.33. The zero-order valence-electron chi connectivity index (χ0n) is 9.42. The molecule has 1 saturated heterocycles. The Balaban J connectivity index is 2.67. The van der Waals surface area contributed by atoms with Crippen LogP contribution >= 0.6 is 0 Å². The smallest absolute Gasteiger partial charge is 0.162 e. The number of carbonyl (C=O) groups excluding carboxylic acids is 1. The second-order valence-corrected chi connectivity index (χ2v) is 3.79. The van der Waals surface area contributed by atoms with Crippen LogP contribution in [0.5, 0.6) is 0 Å². The summed E-state index contributed by atoms with van der Waals surface area (Å²) >= 11 is 0. The Labute approximate surface area is 86.4 Å². The predicted molar refractivity (Wildman–Crippen MR) is 58.1 cm³/mol. The quantitative estimate of drug-likeness (QED) is 0.632. The third kappa shape index (κ3) is 2.84. The molecule has 1 heterocycles. The molecule has 0 amide bonds. The normalized spacial score (nSPS) is 21.6. The molecule has 1 aliphatic rings. The molecule has 0 bridgehead atoms. The van der Waals surface area contributed by atoms with Crippen LogP contribution < -0.4 is 0 Å². The molecule has 14 heavy (non-hydrogen) atoms. The van der Waals surface area contributed by atoms with Crippen LogP contribution in [0.15, 0.2) is 11.8 Å². The Hall–Kier alpha value is -0.830. The number of hydrogen-bond donors (Lipinski definition) is 0. The molecule has 1 fully saturated rings. The largest absolute Gasteiger partial charge is 0.378 e. The van der Waals surface area contributed by atoms with Crippen molar-refractivity contribution in [1.29, 1.82) is 0 Å². The van der Waals surface area contributed by atoms with E-state index in [0.29, 0.717) is 12.2 Å². The number of rotatable bonds is 3. The molecule has 1 aliphatic heterocycles. The number of likely N-dealkylation sites (tertiary alicyclic amines) is 1. The van der Waals surface area contributed by atoms with E-state index >= 15 is 0 Å². The summed E-state index contributed by atoms with van der Waals surface area (Å²) in [6.07, 6.45) is 2.70. The van der Waals surface area contributed by atoms with E-state index in [2.05, 4.69) is 30.7 Å². The highest BCUT2D eigenvalue weighted by molar-refractivity contribution is 5.96. The van der Waals surface area contributed by atoms with Crippen molar-refractivity contribution in [1.82, 2.24) is 9.80 Å². The maximum Gasteiger partial charge on any atom is 0.162 e. The molecular formula is C11H20N2O. The fourth-order valence-corrected chi connectivity index (χ4v) is 1.65. The van der Waals surface area contributed by atoms with Gasteiger partial charge in [0, 0.05) is 44.4 Å². The van der Waals surface area contributed by atoms with E-state index in [0.717, 1.165) is 31.8 Å². The molecule has 3 heteroatoms. The van der Waals surface area contributed by atoms with Crippen LogP contribution in [0.1, 0.15) is 20.3 Å². The van der Waals surface area contributed by atoms with Crippen LogP contribution in [0.25, 0.3) is 0 Å². The van der Waals surface area contributed by atoms with E-state index in [4.69, 9.17) is 0 Å². The number of hydrogen-bond acceptors (Lipinski definition) is 3. The van der Waals surface area contributed by atoms with Crippen molar-refractivity contribution in [2.75, 3.05) is 33.2 Å². The van der Waals surface area contributed by atoms with Gasteiger partial charge in [-0.25, -0.2) is 0 Å². The van der Waals surface area contributed by atoms with Gasteiger partial charge in [-0.2, -0.15) is 0 Å². The average Bonchev–Trinajstić information content (AvgIpc) is 2.19. The van der Waals surface area contributed by atoms with Crippen molar-refractivity contribution in [3.63, 3.8) is 0 Å². The van der Waals surface area contributed by atoms with E-state index < -0.39 is 0 Å². The minimum absolute atomic E-state index is 0.315. The topological polar surface area (TPSA) is 23.6 Å². The van der Waals surface area contributed by atoms with Gasteiger partial charge in [0.1, 0.15) is 0 Å². The highest BCUT2D eigenvalue weighted by Gasteiger charge is 2.18. The van der Waals surface area contributed by atoms with Gasteiger partial charge in [0.15, 0.2) is 5.78 Å². The van der Waals surface area contributed by atoms with Gasteiger partial charge in [0.05, 0.1) is 0 Å². The van der Waals surface area contributed by atoms with Gasteiger partial charge in [0.2, 0.25) is 0 Å². The summed E-state index contributed by atoms with van der Waals surface area (Å²) in [4.78, 5) is 15.9. The van der Waals surface area contributed by atoms with Gasteiger partial charge in [-0.3, -0.25) is 4.79 Å². The SMILES string of the molecule is CCN(/C=C1\CN(C)CCC1=O)CC. The molecular weight excluding hydrogens is 176 g/mol. The number of nitrogens with zero attached hydrogens (tertiary/aromatic N) is 2. The third-order valence-corrected chi connectivity index (χ3v) is 2.67. The molecule has 0 radical (unpaired) electrons. The average molecular weight is 196 g/mol. The van der Waals surface area contributed by atoms with E-state index in [-0.39, 0.29) is 0 Å². The maximum absolute atomic E-state index is 11.6. The Morgan fingerprint density at radius 3 is 2.64 bits per heavy atom. The minimum Gasteiger partial charge on any atom is -0.378 e. The van der Waals surface area contributed by atoms with Crippen molar-refractivity contribution in [2.45, 2.75) is 20.3 Å². The van der Waals surface area contributed by atoms with E-state index in [1.165, 1.54) is 0 Å². The number of carbonyl (C=O) groups is 1. The summed E-state index contributed by atoms with van der Waals surface area (Å²) in [5.41, 5.74) is 0.961. The zero-order chi connectivity index (χ0) is 10.6. The molecule has 0 saturated carbocycles. The van der Waals surface area contributed by atoms with Crippen molar-refractivity contribution in [2.24, 2.45) is 0 Å². The van der Waals surface area contributed by atoms with Crippen molar-refractivity contribution in [3.05, 3.63) is 11.8 Å². The Kier molecular flexibility index (Phi) is 4.14. The summed E-state index contributed by atoms with van der Waals surface area (Å²) in [5, 5.41) is 0. The van der Waals surface area contributed by atoms with Gasteiger partial charge < -0.3 is 9.80 Å². The number of likely N-dealkylation sites (N-methyl/N-ethyl adjacent to an activating group) is 1. The lowest BCUT2D eigenvalue weighted by Gasteiger charge is -2.25. The van der Waals surface area contributed by atoms with Gasteiger partial charge in [0.25, 0.3) is 0 Å². The monoisotopic (exact) mass is 196 g/mol. The van der Waals surface area contributed by atoms with Crippen LogP contribution in [0.2, 0.25) is 0 Å². The fraction of sp³-hybridized carbons (Fsp3) is 0.727. The molecule has 0 aromatic rings. The van der Waals surface area contributed by atoms with Gasteiger partial charge >= 0.3 is 0 Å². The molecule has 80 valence electrons. The highest BCUT2D eigenvalue weighted by atomic mass is 16.1. The molecule has 0 unspecified atom stereocenters. The summed E-state index contributed by atoms with van der Waals surface area (Å²) in [6.45, 7) is 7.85. The van der Waals surface area contributed by atoms with E-state index in [1.54, 1.807) is 0 Å². The fourth-order valence-electron chi connectivity index (χ4n) is 1.65. The summed E-state index contributed by atoms with van der Waals surface area (Å²) in [6, 6.07) is 0. The maximum atomic E-state index is 11.6. The summed E-state index contributed by atoms with van der Waals surface area (Å²) in [5.74, 6) is 0.315. The molecule has 0 N–H and O–H groups in total. The van der Waals surface area contributed by atoms with Crippen LogP contribution in [-0.4, -0.2) is 48.8 Å². The van der Waals surface area contributed by atoms with Crippen molar-refractivity contribution >= 4 is 5.78 Å². The van der Waals surface area contributed by atoms with Crippen molar-refractivity contribution in [3.8, 4) is 0 Å². The molecule has 0 aromatic carbocycles. The summed E-state index contributed by atoms with van der Waals surface area (Å²) in [7, 11) is 2.06. The zero-order valence-corrected chi connectivity index (χ0v) is 9.42. The third-order valence-electron chi connectivity index (χ3n) is 2.67. The van der Waals surface area contributed by atoms with Crippen LogP contribution in [-0.2, 0) is 4.79 Å². The first-order chi connectivity index (χ1) is 6.67. The number of ketones is 1. The Morgan fingerprint density at radius 2 is 2.07 bits per heavy atom. The molecule has 0 atom stereocenters. The van der Waals surface area contributed by atoms with Crippen LogP contribution in [0.3, 0.4) is 0 Å². The Bertz CT molecular complexity index is 231. The van der Waals surface area contributed by atoms with Crippen molar-refractivity contribution < 1.29 is 4.79 Å². The molecule has 0 spiro atoms. The second-order valence-electron chi connectivity index (χ2n) is 3.79. The standard InChI is InChI=1S/C11H20N2O/c1-4-13(5-2)9-10-8-12(3)7-6-11(10)14/h9H,4-8H2,1-3H3/b10-9+. The number of Topliss-reactive ketones (excluding diaryl/α,β-unsaturated/α-hetero) is 1. The van der Waals surface area contributed by atoms with Crippen LogP contribution in [0, 0.1) is 0 Å². The van der Waals surface area contributed by atoms with E-state index in [1.807, 2.05) is 6.20 Å². The Morgan fingerprint density at radius 1 is 1.43 bits per heavy atom.